The molecule has 5 heteroatoms. The van der Waals surface area contributed by atoms with Crippen molar-refractivity contribution in [3.8, 4) is 0 Å². The molecule has 2 rings (SSSR count). The van der Waals surface area contributed by atoms with Crippen molar-refractivity contribution >= 4 is 11.8 Å². The van der Waals surface area contributed by atoms with E-state index in [2.05, 4.69) is 27.9 Å². The number of pyridine rings is 1. The first-order valence-corrected chi connectivity index (χ1v) is 6.75. The number of nitrogens with two attached hydrogens (primary N) is 1. The molecule has 0 amide bonds. The Morgan fingerprint density at radius 2 is 1.89 bits per heavy atom. The maximum absolute atomic E-state index is 6.00. The Labute approximate surface area is 111 Å². The molecule has 0 saturated carbocycles. The van der Waals surface area contributed by atoms with E-state index in [1.807, 2.05) is 6.07 Å². The zero-order valence-corrected chi connectivity index (χ0v) is 11.1. The van der Waals surface area contributed by atoms with Crippen molar-refractivity contribution in [2.24, 2.45) is 5.73 Å². The van der Waals surface area contributed by atoms with E-state index in [0.717, 1.165) is 23.4 Å². The largest absolute Gasteiger partial charge is 0.327 e. The van der Waals surface area contributed by atoms with Gasteiger partial charge >= 0.3 is 0 Å². The van der Waals surface area contributed by atoms with Crippen LogP contribution in [0.2, 0.25) is 0 Å². The summed E-state index contributed by atoms with van der Waals surface area (Å²) in [4.78, 5) is 12.8. The second-order valence-corrected chi connectivity index (χ2v) is 4.93. The standard InChI is InChI=1S/C13H16N4S/c1-2-11(14)9-10-5-3-6-15-12(10)18-13-16-7-4-8-17-13/h3-8,11H,2,9,14H2,1H3. The van der Waals surface area contributed by atoms with Crippen LogP contribution in [0.4, 0.5) is 0 Å². The second-order valence-electron chi connectivity index (χ2n) is 3.97. The van der Waals surface area contributed by atoms with Gasteiger partial charge in [-0.1, -0.05) is 13.0 Å². The lowest BCUT2D eigenvalue weighted by atomic mass is 10.1. The van der Waals surface area contributed by atoms with Gasteiger partial charge in [-0.2, -0.15) is 0 Å². The molecule has 0 spiro atoms. The number of hydrogen-bond acceptors (Lipinski definition) is 5. The van der Waals surface area contributed by atoms with Crippen LogP contribution >= 0.6 is 11.8 Å². The molecule has 2 heterocycles. The van der Waals surface area contributed by atoms with E-state index in [0.29, 0.717) is 5.16 Å². The van der Waals surface area contributed by atoms with Gasteiger partial charge in [0.05, 0.1) is 0 Å². The molecule has 4 nitrogen and oxygen atoms in total. The van der Waals surface area contributed by atoms with Crippen molar-refractivity contribution in [1.82, 2.24) is 15.0 Å². The number of nitrogens with zero attached hydrogens (tertiary/aromatic N) is 3. The Morgan fingerprint density at radius 1 is 1.17 bits per heavy atom. The molecular formula is C13H16N4S. The first-order valence-electron chi connectivity index (χ1n) is 5.94. The van der Waals surface area contributed by atoms with Crippen molar-refractivity contribution in [3.63, 3.8) is 0 Å². The minimum absolute atomic E-state index is 0.172. The highest BCUT2D eigenvalue weighted by Crippen LogP contribution is 2.26. The van der Waals surface area contributed by atoms with Crippen LogP contribution in [0.15, 0.2) is 47.0 Å². The van der Waals surface area contributed by atoms with Crippen LogP contribution in [-0.4, -0.2) is 21.0 Å². The van der Waals surface area contributed by atoms with Crippen LogP contribution in [-0.2, 0) is 6.42 Å². The van der Waals surface area contributed by atoms with E-state index in [1.54, 1.807) is 24.7 Å². The first-order chi connectivity index (χ1) is 8.79. The second kappa shape index (κ2) is 6.47. The molecule has 2 aromatic heterocycles. The van der Waals surface area contributed by atoms with Crippen LogP contribution in [0.25, 0.3) is 0 Å². The molecule has 0 aromatic carbocycles. The summed E-state index contributed by atoms with van der Waals surface area (Å²) in [6.07, 6.45) is 7.04. The van der Waals surface area contributed by atoms with E-state index in [-0.39, 0.29) is 6.04 Å². The predicted octanol–water partition coefficient (Wildman–Crippen LogP) is 2.30. The maximum atomic E-state index is 6.00. The van der Waals surface area contributed by atoms with Crippen molar-refractivity contribution < 1.29 is 0 Å². The van der Waals surface area contributed by atoms with Crippen molar-refractivity contribution in [3.05, 3.63) is 42.4 Å². The molecule has 0 bridgehead atoms. The van der Waals surface area contributed by atoms with Crippen LogP contribution < -0.4 is 5.73 Å². The van der Waals surface area contributed by atoms with E-state index in [1.165, 1.54) is 11.8 Å². The smallest absolute Gasteiger partial charge is 0.193 e. The number of rotatable bonds is 5. The molecule has 0 aliphatic heterocycles. The van der Waals surface area contributed by atoms with E-state index >= 15 is 0 Å². The fourth-order valence-corrected chi connectivity index (χ4v) is 2.32. The van der Waals surface area contributed by atoms with Crippen LogP contribution in [0.3, 0.4) is 0 Å². The lowest BCUT2D eigenvalue weighted by molar-refractivity contribution is 0.637. The highest BCUT2D eigenvalue weighted by atomic mass is 32.2. The lowest BCUT2D eigenvalue weighted by Gasteiger charge is -2.11. The molecule has 2 N–H and O–H groups in total. The Bertz CT molecular complexity index is 489. The summed E-state index contributed by atoms with van der Waals surface area (Å²) in [6.45, 7) is 2.09. The topological polar surface area (TPSA) is 64.7 Å². The molecular weight excluding hydrogens is 244 g/mol. The highest BCUT2D eigenvalue weighted by molar-refractivity contribution is 7.99. The fourth-order valence-electron chi connectivity index (χ4n) is 1.52. The Kier molecular flexibility index (Phi) is 4.66. The molecule has 0 aliphatic carbocycles. The zero-order valence-electron chi connectivity index (χ0n) is 10.3. The van der Waals surface area contributed by atoms with Gasteiger partial charge in [-0.3, -0.25) is 0 Å². The summed E-state index contributed by atoms with van der Waals surface area (Å²) >= 11 is 1.48. The minimum Gasteiger partial charge on any atom is -0.327 e. The third kappa shape index (κ3) is 3.51. The average molecular weight is 260 g/mol. The lowest BCUT2D eigenvalue weighted by Crippen LogP contribution is -2.21. The van der Waals surface area contributed by atoms with Crippen LogP contribution in [0.1, 0.15) is 18.9 Å². The Hall–Kier alpha value is -1.46. The van der Waals surface area contributed by atoms with Gasteiger partial charge in [0.2, 0.25) is 0 Å². The van der Waals surface area contributed by atoms with Gasteiger partial charge in [-0.05, 0) is 42.3 Å². The van der Waals surface area contributed by atoms with Crippen molar-refractivity contribution in [1.29, 1.82) is 0 Å². The Morgan fingerprint density at radius 3 is 2.61 bits per heavy atom. The number of aromatic nitrogens is 3. The molecule has 0 aliphatic rings. The first kappa shape index (κ1) is 13.0. The van der Waals surface area contributed by atoms with Crippen LogP contribution in [0, 0.1) is 0 Å². The SMILES string of the molecule is CCC(N)Cc1cccnc1Sc1ncccn1. The molecule has 1 unspecified atom stereocenters. The summed E-state index contributed by atoms with van der Waals surface area (Å²) in [5.74, 6) is 0. The normalized spacial score (nSPS) is 12.3. The van der Waals surface area contributed by atoms with E-state index in [9.17, 15) is 0 Å². The quantitative estimate of drug-likeness (QED) is 0.836. The highest BCUT2D eigenvalue weighted by Gasteiger charge is 2.09. The summed E-state index contributed by atoms with van der Waals surface area (Å²) in [7, 11) is 0. The van der Waals surface area contributed by atoms with Gasteiger partial charge in [-0.15, -0.1) is 0 Å². The van der Waals surface area contributed by atoms with Gasteiger partial charge in [0.15, 0.2) is 5.16 Å². The van der Waals surface area contributed by atoms with Gasteiger partial charge in [0, 0.05) is 24.6 Å². The fraction of sp³-hybridized carbons (Fsp3) is 0.308. The Balaban J connectivity index is 2.17. The summed E-state index contributed by atoms with van der Waals surface area (Å²) in [6, 6.07) is 5.97. The molecule has 0 fully saturated rings. The molecule has 0 saturated heterocycles. The molecule has 0 radical (unpaired) electrons. The molecule has 18 heavy (non-hydrogen) atoms. The van der Waals surface area contributed by atoms with Crippen LogP contribution in [0.5, 0.6) is 0 Å². The average Bonchev–Trinajstić information content (AvgIpc) is 2.42. The summed E-state index contributed by atoms with van der Waals surface area (Å²) in [5.41, 5.74) is 7.16. The molecule has 2 aromatic rings. The zero-order chi connectivity index (χ0) is 12.8. The van der Waals surface area contributed by atoms with E-state index in [4.69, 9.17) is 5.73 Å². The maximum Gasteiger partial charge on any atom is 0.193 e. The number of hydrogen-bond donors (Lipinski definition) is 1. The third-order valence-corrected chi connectivity index (χ3v) is 3.54. The predicted molar refractivity (Wildman–Crippen MR) is 72.4 cm³/mol. The van der Waals surface area contributed by atoms with Crippen molar-refractivity contribution in [2.45, 2.75) is 36.0 Å². The summed E-state index contributed by atoms with van der Waals surface area (Å²) in [5, 5.41) is 1.65. The third-order valence-electron chi connectivity index (χ3n) is 2.59. The summed E-state index contributed by atoms with van der Waals surface area (Å²) < 4.78 is 0. The van der Waals surface area contributed by atoms with Gasteiger partial charge < -0.3 is 5.73 Å². The minimum atomic E-state index is 0.172. The molecule has 94 valence electrons. The van der Waals surface area contributed by atoms with Gasteiger partial charge in [0.1, 0.15) is 5.03 Å². The monoisotopic (exact) mass is 260 g/mol. The van der Waals surface area contributed by atoms with Crippen molar-refractivity contribution in [2.75, 3.05) is 0 Å². The van der Waals surface area contributed by atoms with E-state index < -0.39 is 0 Å². The molecule has 1 atom stereocenters. The van der Waals surface area contributed by atoms with Gasteiger partial charge in [0.25, 0.3) is 0 Å². The van der Waals surface area contributed by atoms with Gasteiger partial charge in [-0.25, -0.2) is 15.0 Å².